The summed E-state index contributed by atoms with van der Waals surface area (Å²) < 4.78 is 7.17. The van der Waals surface area contributed by atoms with E-state index in [1.54, 1.807) is 16.9 Å². The van der Waals surface area contributed by atoms with Gasteiger partial charge >= 0.3 is 6.03 Å². The highest BCUT2D eigenvalue weighted by atomic mass is 16.6. The normalized spacial score (nSPS) is 13.5. The van der Waals surface area contributed by atoms with Gasteiger partial charge in [0.25, 0.3) is 11.6 Å². The average molecular weight is 684 g/mol. The maximum atomic E-state index is 13.3. The van der Waals surface area contributed by atoms with E-state index >= 15 is 0 Å². The van der Waals surface area contributed by atoms with E-state index in [-0.39, 0.29) is 24.1 Å². The van der Waals surface area contributed by atoms with Crippen molar-refractivity contribution < 1.29 is 19.0 Å². The lowest BCUT2D eigenvalue weighted by Gasteiger charge is -2.31. The second-order valence-electron chi connectivity index (χ2n) is 12.2. The Hall–Kier alpha value is -6.70. The van der Waals surface area contributed by atoms with Gasteiger partial charge in [-0.1, -0.05) is 58.9 Å². The number of para-hydroxylation sites is 1. The topological polar surface area (TPSA) is 174 Å². The third-order valence-electron chi connectivity index (χ3n) is 8.65. The number of benzene rings is 3. The van der Waals surface area contributed by atoms with Crippen LogP contribution >= 0.6 is 0 Å². The highest BCUT2D eigenvalue weighted by Crippen LogP contribution is 2.29. The first-order valence-electron chi connectivity index (χ1n) is 16.4. The number of anilines is 1. The number of hydrogen-bond acceptors (Lipinski definition) is 9. The molecule has 14 heteroatoms. The number of nitro groups is 1. The van der Waals surface area contributed by atoms with Crippen molar-refractivity contribution >= 4 is 46.4 Å². The van der Waals surface area contributed by atoms with Crippen LogP contribution in [-0.2, 0) is 13.1 Å². The minimum Gasteiger partial charge on any atom is -0.359 e. The van der Waals surface area contributed by atoms with E-state index in [1.807, 2.05) is 77.7 Å². The van der Waals surface area contributed by atoms with Gasteiger partial charge in [-0.05, 0) is 54.8 Å². The number of nitro benzene ring substituents is 1. The van der Waals surface area contributed by atoms with E-state index in [2.05, 4.69) is 37.2 Å². The number of carbonyl (C=O) groups is 2. The van der Waals surface area contributed by atoms with E-state index in [4.69, 9.17) is 4.52 Å². The Bertz CT molecular complexity index is 2220. The van der Waals surface area contributed by atoms with Crippen molar-refractivity contribution in [2.75, 3.05) is 18.4 Å². The molecular formula is C37H33N9O5. The first kappa shape index (κ1) is 32.8. The summed E-state index contributed by atoms with van der Waals surface area (Å²) >= 11 is 0. The van der Waals surface area contributed by atoms with Gasteiger partial charge < -0.3 is 20.1 Å². The lowest BCUT2D eigenvalue weighted by molar-refractivity contribution is -0.384. The number of pyridine rings is 1. The number of amides is 3. The first-order valence-corrected chi connectivity index (χ1v) is 16.4. The maximum absolute atomic E-state index is 13.3. The molecule has 0 radical (unpaired) electrons. The molecular weight excluding hydrogens is 650 g/mol. The number of rotatable bonds is 10. The highest BCUT2D eigenvalue weighted by molar-refractivity contribution is 5.94. The number of nitrogens with zero attached hydrogens (tertiary/aromatic N) is 7. The van der Waals surface area contributed by atoms with Crippen molar-refractivity contribution in [1.82, 2.24) is 35.4 Å². The van der Waals surface area contributed by atoms with Crippen molar-refractivity contribution in [3.8, 4) is 0 Å². The minimum absolute atomic E-state index is 0.0130. The van der Waals surface area contributed by atoms with Crippen LogP contribution in [0.4, 0.5) is 16.2 Å². The maximum Gasteiger partial charge on any atom is 0.319 e. The molecule has 0 bridgehead atoms. The predicted molar refractivity (Wildman–Crippen MR) is 190 cm³/mol. The Morgan fingerprint density at radius 3 is 2.61 bits per heavy atom. The van der Waals surface area contributed by atoms with Crippen LogP contribution in [0.25, 0.3) is 23.1 Å². The second-order valence-corrected chi connectivity index (χ2v) is 12.2. The molecule has 0 atom stereocenters. The summed E-state index contributed by atoms with van der Waals surface area (Å²) in [5, 5.41) is 29.8. The number of non-ortho nitro benzene ring substituents is 1. The van der Waals surface area contributed by atoms with Gasteiger partial charge in [0, 0.05) is 53.8 Å². The average Bonchev–Trinajstić information content (AvgIpc) is 3.83. The molecule has 256 valence electrons. The Balaban J connectivity index is 0.862. The molecule has 0 spiro atoms. The second kappa shape index (κ2) is 14.8. The number of urea groups is 1. The zero-order valence-electron chi connectivity index (χ0n) is 27.4. The molecule has 0 saturated carbocycles. The third kappa shape index (κ3) is 8.13. The fraction of sp³-hybridized carbons (Fsp3) is 0.189. The molecule has 51 heavy (non-hydrogen) atoms. The minimum atomic E-state index is -0.533. The van der Waals surface area contributed by atoms with Gasteiger partial charge in [-0.3, -0.25) is 14.9 Å². The molecule has 6 aromatic rings. The lowest BCUT2D eigenvalue weighted by Crippen LogP contribution is -2.38. The Kier molecular flexibility index (Phi) is 9.54. The van der Waals surface area contributed by atoms with Crippen LogP contribution in [0.15, 0.2) is 102 Å². The molecule has 4 heterocycles. The molecule has 1 saturated heterocycles. The van der Waals surface area contributed by atoms with Crippen LogP contribution in [-0.4, -0.2) is 60.0 Å². The molecule has 1 aliphatic rings. The molecule has 7 rings (SSSR count). The Morgan fingerprint density at radius 2 is 1.78 bits per heavy atom. The summed E-state index contributed by atoms with van der Waals surface area (Å²) in [6.45, 7) is 1.65. The fourth-order valence-electron chi connectivity index (χ4n) is 5.95. The van der Waals surface area contributed by atoms with Gasteiger partial charge in [-0.2, -0.15) is 0 Å². The summed E-state index contributed by atoms with van der Waals surface area (Å²) in [4.78, 5) is 42.5. The molecule has 1 fully saturated rings. The van der Waals surface area contributed by atoms with Gasteiger partial charge in [0.15, 0.2) is 5.76 Å². The Labute approximate surface area is 291 Å². The number of piperidine rings is 1. The van der Waals surface area contributed by atoms with Crippen LogP contribution in [0.1, 0.15) is 57.5 Å². The standard InChI is InChI=1S/C37H33N9O5/c47-36(28-11-8-25(9-12-28)10-14-29-15-13-26-4-1-2-7-34(26)39-29)44-18-16-27(17-19-44)35-21-33(51-42-35)24-45-23-31(41-43-45)22-38-37(48)40-30-5-3-6-32(20-30)46(49)50/h1-15,20-21,23,27H,16-19,22,24H2,(H2,38,40,48)/b14-10+. The van der Waals surface area contributed by atoms with E-state index in [0.717, 1.165) is 40.7 Å². The molecule has 3 amide bonds. The number of aromatic nitrogens is 5. The number of carbonyl (C=O) groups excluding carboxylic acids is 2. The van der Waals surface area contributed by atoms with Crippen molar-refractivity contribution in [2.24, 2.45) is 0 Å². The summed E-state index contributed by atoms with van der Waals surface area (Å²) in [5.74, 6) is 0.795. The molecule has 2 N–H and O–H groups in total. The van der Waals surface area contributed by atoms with Crippen molar-refractivity contribution in [1.29, 1.82) is 0 Å². The largest absolute Gasteiger partial charge is 0.359 e. The van der Waals surface area contributed by atoms with Crippen LogP contribution in [0.3, 0.4) is 0 Å². The number of hydrogen-bond donors (Lipinski definition) is 2. The zero-order valence-corrected chi connectivity index (χ0v) is 27.4. The Morgan fingerprint density at radius 1 is 0.961 bits per heavy atom. The summed E-state index contributed by atoms with van der Waals surface area (Å²) in [6, 6.07) is 26.7. The molecule has 0 unspecified atom stereocenters. The predicted octanol–water partition coefficient (Wildman–Crippen LogP) is 6.28. The van der Waals surface area contributed by atoms with Crippen LogP contribution in [0, 0.1) is 10.1 Å². The molecule has 0 aliphatic carbocycles. The highest BCUT2D eigenvalue weighted by Gasteiger charge is 2.26. The smallest absolute Gasteiger partial charge is 0.319 e. The summed E-state index contributed by atoms with van der Waals surface area (Å²) in [7, 11) is 0. The van der Waals surface area contributed by atoms with Crippen LogP contribution in [0.2, 0.25) is 0 Å². The molecule has 14 nitrogen and oxygen atoms in total. The number of fused-ring (bicyclic) bond motifs is 1. The van der Waals surface area contributed by atoms with Gasteiger partial charge in [-0.15, -0.1) is 5.10 Å². The van der Waals surface area contributed by atoms with Crippen molar-refractivity contribution in [2.45, 2.75) is 31.8 Å². The monoisotopic (exact) mass is 683 g/mol. The van der Waals surface area contributed by atoms with Gasteiger partial charge in [0.05, 0.1) is 34.6 Å². The zero-order chi connectivity index (χ0) is 35.2. The van der Waals surface area contributed by atoms with Crippen LogP contribution < -0.4 is 10.6 Å². The van der Waals surface area contributed by atoms with E-state index in [1.165, 1.54) is 18.2 Å². The summed E-state index contributed by atoms with van der Waals surface area (Å²) in [5.41, 5.74) is 5.01. The van der Waals surface area contributed by atoms with E-state index in [0.29, 0.717) is 42.3 Å². The van der Waals surface area contributed by atoms with Crippen LogP contribution in [0.5, 0.6) is 0 Å². The fourth-order valence-corrected chi connectivity index (χ4v) is 5.95. The first-order chi connectivity index (χ1) is 24.9. The third-order valence-corrected chi connectivity index (χ3v) is 8.65. The van der Waals surface area contributed by atoms with Crippen molar-refractivity contribution in [3.05, 3.63) is 141 Å². The quantitative estimate of drug-likeness (QED) is 0.124. The van der Waals surface area contributed by atoms with Gasteiger partial charge in [0.2, 0.25) is 0 Å². The van der Waals surface area contributed by atoms with E-state index in [9.17, 15) is 19.7 Å². The molecule has 1 aliphatic heterocycles. The van der Waals surface area contributed by atoms with Gasteiger partial charge in [0.1, 0.15) is 12.2 Å². The number of nitrogens with one attached hydrogen (secondary N) is 2. The van der Waals surface area contributed by atoms with Crippen molar-refractivity contribution in [3.63, 3.8) is 0 Å². The van der Waals surface area contributed by atoms with E-state index < -0.39 is 11.0 Å². The van der Waals surface area contributed by atoms with Gasteiger partial charge in [-0.25, -0.2) is 14.5 Å². The number of likely N-dealkylation sites (tertiary alicyclic amines) is 1. The SMILES string of the molecule is O=C(NCc1cn(Cc2cc(C3CCN(C(=O)c4ccc(/C=C/c5ccc6ccccc6n5)cc4)CC3)no2)nn1)Nc1cccc([N+](=O)[O-])c1. The lowest BCUT2D eigenvalue weighted by atomic mass is 9.93. The molecule has 3 aromatic heterocycles. The summed E-state index contributed by atoms with van der Waals surface area (Å²) in [6.07, 6.45) is 7.20. The molecule has 3 aromatic carbocycles.